The topological polar surface area (TPSA) is 37.5 Å². The van der Waals surface area contributed by atoms with Crippen LogP contribution < -0.4 is 0 Å². The first-order valence-corrected chi connectivity index (χ1v) is 7.41. The van der Waals surface area contributed by atoms with Crippen molar-refractivity contribution in [2.24, 2.45) is 0 Å². The lowest BCUT2D eigenvalue weighted by Gasteiger charge is -2.11. The number of aromatic nitrogens is 2. The summed E-state index contributed by atoms with van der Waals surface area (Å²) in [6.07, 6.45) is 2.04. The zero-order chi connectivity index (χ0) is 15.0. The number of aryl methyl sites for hydroxylation is 1. The third-order valence-corrected chi connectivity index (χ3v) is 3.95. The molecule has 0 radical (unpaired) electrons. The Morgan fingerprint density at radius 2 is 1.95 bits per heavy atom. The van der Waals surface area contributed by atoms with Crippen LogP contribution in [0.15, 0.2) is 42.6 Å². The molecule has 108 valence electrons. The van der Waals surface area contributed by atoms with Crippen molar-refractivity contribution in [1.29, 1.82) is 0 Å². The zero-order valence-electron chi connectivity index (χ0n) is 12.0. The van der Waals surface area contributed by atoms with E-state index in [2.05, 4.69) is 0 Å². The summed E-state index contributed by atoms with van der Waals surface area (Å²) in [5.74, 6) is 0. The van der Waals surface area contributed by atoms with Gasteiger partial charge in [0.1, 0.15) is 5.65 Å². The van der Waals surface area contributed by atoms with Crippen molar-refractivity contribution in [3.05, 3.63) is 58.9 Å². The van der Waals surface area contributed by atoms with E-state index in [-0.39, 0.29) is 0 Å². The molecule has 1 unspecified atom stereocenters. The summed E-state index contributed by atoms with van der Waals surface area (Å²) >= 11 is 5.96. The molecule has 0 aliphatic carbocycles. The maximum Gasteiger partial charge on any atom is 0.140 e. The number of rotatable bonds is 3. The first-order chi connectivity index (χ1) is 10.1. The van der Waals surface area contributed by atoms with E-state index in [1.165, 1.54) is 0 Å². The molecule has 0 saturated carbocycles. The summed E-state index contributed by atoms with van der Waals surface area (Å²) in [5.41, 5.74) is 4.58. The molecule has 1 N–H and O–H groups in total. The van der Waals surface area contributed by atoms with Gasteiger partial charge in [-0.3, -0.25) is 0 Å². The van der Waals surface area contributed by atoms with Gasteiger partial charge in [-0.1, -0.05) is 36.7 Å². The number of halogens is 1. The average molecular weight is 301 g/mol. The molecule has 0 fully saturated rings. The summed E-state index contributed by atoms with van der Waals surface area (Å²) in [4.78, 5) is 4.74. The Labute approximate surface area is 128 Å². The molecule has 3 nitrogen and oxygen atoms in total. The molecule has 0 aliphatic heterocycles. The molecule has 0 amide bonds. The van der Waals surface area contributed by atoms with Crippen LogP contribution >= 0.6 is 11.6 Å². The molecule has 2 aromatic heterocycles. The van der Waals surface area contributed by atoms with Gasteiger partial charge in [0.25, 0.3) is 0 Å². The number of fused-ring (bicyclic) bond motifs is 1. The standard InChI is InChI=1S/C17H17ClN2O/c1-3-14(21)16-15(12-6-8-13(18)9-7-12)19-17-11(2)5-4-10-20(16)17/h4-10,14,21H,3H2,1-2H3. The highest BCUT2D eigenvalue weighted by atomic mass is 35.5. The van der Waals surface area contributed by atoms with Gasteiger partial charge < -0.3 is 9.51 Å². The summed E-state index contributed by atoms with van der Waals surface area (Å²) < 4.78 is 1.98. The lowest BCUT2D eigenvalue weighted by atomic mass is 10.1. The van der Waals surface area contributed by atoms with Gasteiger partial charge in [-0.2, -0.15) is 0 Å². The van der Waals surface area contributed by atoms with Crippen molar-refractivity contribution in [2.45, 2.75) is 26.4 Å². The molecular formula is C17H17ClN2O. The largest absolute Gasteiger partial charge is 0.387 e. The highest BCUT2D eigenvalue weighted by Crippen LogP contribution is 2.31. The predicted octanol–water partition coefficient (Wildman–Crippen LogP) is 4.41. The Morgan fingerprint density at radius 3 is 2.62 bits per heavy atom. The molecule has 1 atom stereocenters. The maximum atomic E-state index is 10.4. The van der Waals surface area contributed by atoms with Crippen LogP contribution in [0.25, 0.3) is 16.9 Å². The minimum absolute atomic E-state index is 0.549. The monoisotopic (exact) mass is 300 g/mol. The van der Waals surface area contributed by atoms with E-state index >= 15 is 0 Å². The highest BCUT2D eigenvalue weighted by Gasteiger charge is 2.20. The van der Waals surface area contributed by atoms with E-state index in [1.54, 1.807) is 0 Å². The molecule has 21 heavy (non-hydrogen) atoms. The van der Waals surface area contributed by atoms with Crippen molar-refractivity contribution in [3.8, 4) is 11.3 Å². The van der Waals surface area contributed by atoms with Gasteiger partial charge in [0.2, 0.25) is 0 Å². The van der Waals surface area contributed by atoms with Crippen molar-refractivity contribution < 1.29 is 5.11 Å². The molecule has 0 saturated heterocycles. The number of aliphatic hydroxyl groups excluding tert-OH is 1. The summed E-state index contributed by atoms with van der Waals surface area (Å²) in [5, 5.41) is 11.1. The van der Waals surface area contributed by atoms with Gasteiger partial charge in [0.15, 0.2) is 0 Å². The normalized spacial score (nSPS) is 12.8. The number of aliphatic hydroxyl groups is 1. The Balaban J connectivity index is 2.30. The van der Waals surface area contributed by atoms with E-state index in [4.69, 9.17) is 16.6 Å². The number of hydrogen-bond donors (Lipinski definition) is 1. The van der Waals surface area contributed by atoms with E-state index in [0.717, 1.165) is 28.2 Å². The van der Waals surface area contributed by atoms with Crippen LogP contribution in [-0.4, -0.2) is 14.5 Å². The number of pyridine rings is 1. The van der Waals surface area contributed by atoms with Crippen molar-refractivity contribution in [2.75, 3.05) is 0 Å². The minimum atomic E-state index is -0.549. The van der Waals surface area contributed by atoms with Gasteiger partial charge >= 0.3 is 0 Å². The van der Waals surface area contributed by atoms with Crippen LogP contribution in [-0.2, 0) is 0 Å². The third kappa shape index (κ3) is 2.43. The van der Waals surface area contributed by atoms with Crippen molar-refractivity contribution in [3.63, 3.8) is 0 Å². The summed E-state index contributed by atoms with van der Waals surface area (Å²) in [6.45, 7) is 3.99. The van der Waals surface area contributed by atoms with E-state index in [1.807, 2.05) is 60.8 Å². The second-order valence-electron chi connectivity index (χ2n) is 5.16. The second-order valence-corrected chi connectivity index (χ2v) is 5.60. The molecule has 2 heterocycles. The predicted molar refractivity (Wildman–Crippen MR) is 85.6 cm³/mol. The van der Waals surface area contributed by atoms with Crippen LogP contribution in [0.3, 0.4) is 0 Å². The Bertz CT molecular complexity index is 777. The number of imidazole rings is 1. The average Bonchev–Trinajstić information content (AvgIpc) is 2.88. The molecule has 0 spiro atoms. The fourth-order valence-electron chi connectivity index (χ4n) is 2.55. The number of benzene rings is 1. The molecule has 0 aliphatic rings. The summed E-state index contributed by atoms with van der Waals surface area (Å²) in [6, 6.07) is 11.6. The van der Waals surface area contributed by atoms with Crippen LogP contribution in [0.2, 0.25) is 5.02 Å². The quantitative estimate of drug-likeness (QED) is 0.778. The molecule has 4 heteroatoms. The molecular weight excluding hydrogens is 284 g/mol. The number of hydrogen-bond acceptors (Lipinski definition) is 2. The second kappa shape index (κ2) is 5.51. The SMILES string of the molecule is CCC(O)c1c(-c2ccc(Cl)cc2)nc2c(C)cccn12. The van der Waals surface area contributed by atoms with Crippen LogP contribution in [0.4, 0.5) is 0 Å². The van der Waals surface area contributed by atoms with Crippen LogP contribution in [0, 0.1) is 6.92 Å². The third-order valence-electron chi connectivity index (χ3n) is 3.70. The molecule has 3 aromatic rings. The van der Waals surface area contributed by atoms with Gasteiger partial charge in [-0.15, -0.1) is 0 Å². The lowest BCUT2D eigenvalue weighted by Crippen LogP contribution is -2.02. The first-order valence-electron chi connectivity index (χ1n) is 7.03. The van der Waals surface area contributed by atoms with Gasteiger partial charge in [-0.25, -0.2) is 4.98 Å². The molecule has 1 aromatic carbocycles. The van der Waals surface area contributed by atoms with E-state index in [9.17, 15) is 5.11 Å². The first kappa shape index (κ1) is 14.1. The fourth-order valence-corrected chi connectivity index (χ4v) is 2.68. The molecule has 3 rings (SSSR count). The smallest absolute Gasteiger partial charge is 0.140 e. The fraction of sp³-hybridized carbons (Fsp3) is 0.235. The number of nitrogens with zero attached hydrogens (tertiary/aromatic N) is 2. The van der Waals surface area contributed by atoms with Gasteiger partial charge in [0, 0.05) is 16.8 Å². The van der Waals surface area contributed by atoms with Gasteiger partial charge in [-0.05, 0) is 37.1 Å². The summed E-state index contributed by atoms with van der Waals surface area (Å²) in [7, 11) is 0. The van der Waals surface area contributed by atoms with E-state index < -0.39 is 6.10 Å². The Hall–Kier alpha value is -1.84. The maximum absolute atomic E-state index is 10.4. The van der Waals surface area contributed by atoms with Gasteiger partial charge in [0.05, 0.1) is 17.5 Å². The molecule has 0 bridgehead atoms. The zero-order valence-corrected chi connectivity index (χ0v) is 12.8. The Kier molecular flexibility index (Phi) is 3.70. The highest BCUT2D eigenvalue weighted by molar-refractivity contribution is 6.30. The minimum Gasteiger partial charge on any atom is -0.387 e. The lowest BCUT2D eigenvalue weighted by molar-refractivity contribution is 0.168. The van der Waals surface area contributed by atoms with Crippen LogP contribution in [0.5, 0.6) is 0 Å². The van der Waals surface area contributed by atoms with Crippen LogP contribution in [0.1, 0.15) is 30.7 Å². The van der Waals surface area contributed by atoms with E-state index in [0.29, 0.717) is 11.4 Å². The van der Waals surface area contributed by atoms with Crippen molar-refractivity contribution in [1.82, 2.24) is 9.38 Å². The Morgan fingerprint density at radius 1 is 1.24 bits per heavy atom. The van der Waals surface area contributed by atoms with Crippen molar-refractivity contribution >= 4 is 17.2 Å².